The van der Waals surface area contributed by atoms with Crippen molar-refractivity contribution < 1.29 is 23.1 Å². The number of carbonyl (C=O) groups excluding carboxylic acids is 2. The number of aliphatic hydroxyl groups is 1. The van der Waals surface area contributed by atoms with E-state index in [1.54, 1.807) is 25.1 Å². The van der Waals surface area contributed by atoms with Gasteiger partial charge in [-0.3, -0.25) is 14.2 Å². The molecule has 40 heavy (non-hydrogen) atoms. The highest BCUT2D eigenvalue weighted by atomic mass is 79.9. The van der Waals surface area contributed by atoms with Crippen LogP contribution in [0, 0.1) is 0 Å². The van der Waals surface area contributed by atoms with Crippen LogP contribution in [0.15, 0.2) is 58.2 Å². The smallest absolute Gasteiger partial charge is 0.260 e. The summed E-state index contributed by atoms with van der Waals surface area (Å²) < 4.78 is 31.6. The van der Waals surface area contributed by atoms with Crippen LogP contribution in [0.25, 0.3) is 0 Å². The van der Waals surface area contributed by atoms with E-state index in [4.69, 9.17) is 23.2 Å². The number of halogens is 3. The number of hydrogen-bond acceptors (Lipinski definition) is 6. The second-order valence-corrected chi connectivity index (χ2v) is 13.7. The average Bonchev–Trinajstić information content (AvgIpc) is 3.43. The van der Waals surface area contributed by atoms with Crippen molar-refractivity contribution in [3.8, 4) is 0 Å². The number of imidazole rings is 1. The van der Waals surface area contributed by atoms with Gasteiger partial charge in [0.2, 0.25) is 5.95 Å². The molecule has 2 aliphatic rings. The largest absolute Gasteiger partial charge is 0.384 e. The van der Waals surface area contributed by atoms with Crippen LogP contribution in [0.4, 0.5) is 11.6 Å². The predicted octanol–water partition coefficient (Wildman–Crippen LogP) is 3.80. The molecule has 0 spiro atoms. The molecule has 212 valence electrons. The van der Waals surface area contributed by atoms with E-state index in [9.17, 15) is 23.1 Å². The normalized spacial score (nSPS) is 20.6. The number of nitrogens with zero attached hydrogens (tertiary/aromatic N) is 5. The number of aliphatic hydroxyl groups excluding tert-OH is 1. The average molecular weight is 671 g/mol. The fraction of sp³-hybridized carbons (Fsp3) is 0.346. The lowest BCUT2D eigenvalue weighted by Crippen LogP contribution is -2.53. The Morgan fingerprint density at radius 2 is 1.70 bits per heavy atom. The molecule has 5 rings (SSSR count). The van der Waals surface area contributed by atoms with Crippen molar-refractivity contribution in [3.05, 3.63) is 68.7 Å². The van der Waals surface area contributed by atoms with Gasteiger partial charge >= 0.3 is 0 Å². The van der Waals surface area contributed by atoms with Crippen LogP contribution >= 0.6 is 39.1 Å². The Morgan fingerprint density at radius 3 is 2.27 bits per heavy atom. The topological polar surface area (TPSA) is 116 Å². The summed E-state index contributed by atoms with van der Waals surface area (Å²) in [6, 6.07) is 12.1. The summed E-state index contributed by atoms with van der Waals surface area (Å²) in [6.45, 7) is 3.40. The zero-order valence-corrected chi connectivity index (χ0v) is 25.5. The lowest BCUT2D eigenvalue weighted by Gasteiger charge is -2.35. The van der Waals surface area contributed by atoms with Gasteiger partial charge in [-0.1, -0.05) is 51.3 Å². The first-order chi connectivity index (χ1) is 18.8. The van der Waals surface area contributed by atoms with Gasteiger partial charge in [-0.2, -0.15) is 4.31 Å². The van der Waals surface area contributed by atoms with Gasteiger partial charge in [0.25, 0.3) is 21.8 Å². The van der Waals surface area contributed by atoms with Gasteiger partial charge in [-0.15, -0.1) is 0 Å². The second kappa shape index (κ2) is 10.7. The monoisotopic (exact) mass is 669 g/mol. The summed E-state index contributed by atoms with van der Waals surface area (Å²) in [7, 11) is -4.13. The first-order valence-corrected chi connectivity index (χ1v) is 15.4. The fourth-order valence-electron chi connectivity index (χ4n) is 5.16. The first kappa shape index (κ1) is 29.0. The van der Waals surface area contributed by atoms with Crippen LogP contribution in [0.1, 0.15) is 19.4 Å². The molecule has 2 aromatic carbocycles. The van der Waals surface area contributed by atoms with Crippen LogP contribution in [-0.4, -0.2) is 76.4 Å². The Morgan fingerprint density at radius 1 is 1.10 bits per heavy atom. The van der Waals surface area contributed by atoms with Crippen molar-refractivity contribution in [2.45, 2.75) is 36.9 Å². The van der Waals surface area contributed by atoms with Crippen molar-refractivity contribution in [3.63, 3.8) is 0 Å². The highest BCUT2D eigenvalue weighted by Gasteiger charge is 2.52. The molecular weight excluding hydrogens is 645 g/mol. The van der Waals surface area contributed by atoms with Gasteiger partial charge in [-0.05, 0) is 49.7 Å². The van der Waals surface area contributed by atoms with E-state index in [2.05, 4.69) is 20.9 Å². The zero-order chi connectivity index (χ0) is 29.0. The number of aromatic nitrogens is 2. The fourth-order valence-corrected chi connectivity index (χ4v) is 7.55. The summed E-state index contributed by atoms with van der Waals surface area (Å²) in [5.74, 6) is -0.712. The SMILES string of the molecule is CC(O)C(=O)N1CCN(S(=O)(=O)c2cnc3n2[C@](C)(Cc2ccc(Br)cc2)C(=O)N3c2cc(Cl)cc(Cl)c2)CC1. The zero-order valence-electron chi connectivity index (χ0n) is 21.6. The van der Waals surface area contributed by atoms with Gasteiger partial charge in [0.1, 0.15) is 11.6 Å². The maximum Gasteiger partial charge on any atom is 0.260 e. The molecule has 1 fully saturated rings. The van der Waals surface area contributed by atoms with E-state index in [1.165, 1.54) is 31.8 Å². The Bertz CT molecular complexity index is 1570. The number of carbonyl (C=O) groups is 2. The summed E-state index contributed by atoms with van der Waals surface area (Å²) in [5.41, 5.74) is -0.178. The molecule has 1 aromatic heterocycles. The minimum absolute atomic E-state index is 0.0340. The molecule has 0 saturated carbocycles. The van der Waals surface area contributed by atoms with Gasteiger partial charge in [-0.25, -0.2) is 18.3 Å². The Balaban J connectivity index is 1.58. The third-order valence-electron chi connectivity index (χ3n) is 7.15. The van der Waals surface area contributed by atoms with Crippen molar-refractivity contribution in [2.75, 3.05) is 31.1 Å². The van der Waals surface area contributed by atoms with Gasteiger partial charge < -0.3 is 10.0 Å². The standard InChI is InChI=1S/C26H26BrCl2N5O5S/c1-16(35)23(36)31-7-9-32(10-8-31)40(38,39)22-15-30-25-33(21-12-19(28)11-20(29)13-21)24(37)26(2,34(22)25)14-17-3-5-18(27)6-4-17/h3-6,11-13,15-16,35H,7-10,14H2,1-2H3/t16?,26-/m1/s1. The number of hydrogen-bond donors (Lipinski definition) is 1. The minimum Gasteiger partial charge on any atom is -0.384 e. The van der Waals surface area contributed by atoms with Gasteiger partial charge in [0.05, 0.1) is 11.9 Å². The van der Waals surface area contributed by atoms with Crippen molar-refractivity contribution >= 4 is 72.6 Å². The molecule has 2 aliphatic heterocycles. The lowest BCUT2D eigenvalue weighted by atomic mass is 9.92. The maximum absolute atomic E-state index is 14.2. The highest BCUT2D eigenvalue weighted by Crippen LogP contribution is 2.45. The molecule has 0 radical (unpaired) electrons. The van der Waals surface area contributed by atoms with Crippen LogP contribution in [0.2, 0.25) is 10.0 Å². The van der Waals surface area contributed by atoms with E-state index in [0.29, 0.717) is 15.7 Å². The molecule has 2 atom stereocenters. The van der Waals surface area contributed by atoms with Crippen LogP contribution in [0.5, 0.6) is 0 Å². The molecule has 1 saturated heterocycles. The number of sulfonamides is 1. The highest BCUT2D eigenvalue weighted by molar-refractivity contribution is 9.10. The molecule has 3 aromatic rings. The predicted molar refractivity (Wildman–Crippen MR) is 154 cm³/mol. The van der Waals surface area contributed by atoms with Gasteiger partial charge in [0.15, 0.2) is 5.03 Å². The van der Waals surface area contributed by atoms with E-state index in [0.717, 1.165) is 10.0 Å². The molecule has 0 bridgehead atoms. The molecule has 14 heteroatoms. The third kappa shape index (κ3) is 5.05. The van der Waals surface area contributed by atoms with Crippen molar-refractivity contribution in [1.82, 2.24) is 18.8 Å². The maximum atomic E-state index is 14.2. The summed E-state index contributed by atoms with van der Waals surface area (Å²) in [5, 5.41) is 10.1. The quantitative estimate of drug-likeness (QED) is 0.427. The molecule has 0 aliphatic carbocycles. The molecule has 2 amide bonds. The van der Waals surface area contributed by atoms with Crippen LogP contribution in [-0.2, 0) is 31.6 Å². The summed E-state index contributed by atoms with van der Waals surface area (Å²) in [6.07, 6.45) is 0.271. The lowest BCUT2D eigenvalue weighted by molar-refractivity contribution is -0.140. The first-order valence-electron chi connectivity index (χ1n) is 12.4. The minimum atomic E-state index is -4.13. The Hall–Kier alpha value is -2.48. The number of anilines is 2. The van der Waals surface area contributed by atoms with E-state index in [1.807, 2.05) is 24.3 Å². The van der Waals surface area contributed by atoms with E-state index >= 15 is 0 Å². The molecular formula is C26H26BrCl2N5O5S. The number of amides is 2. The Kier molecular flexibility index (Phi) is 7.79. The number of benzene rings is 2. The number of fused-ring (bicyclic) bond motifs is 1. The molecule has 10 nitrogen and oxygen atoms in total. The van der Waals surface area contributed by atoms with Crippen LogP contribution < -0.4 is 4.90 Å². The van der Waals surface area contributed by atoms with Crippen molar-refractivity contribution in [1.29, 1.82) is 0 Å². The number of piperazine rings is 1. The second-order valence-electron chi connectivity index (χ2n) is 9.98. The van der Waals surface area contributed by atoms with E-state index < -0.39 is 27.6 Å². The van der Waals surface area contributed by atoms with Crippen LogP contribution in [0.3, 0.4) is 0 Å². The van der Waals surface area contributed by atoms with E-state index in [-0.39, 0.29) is 49.5 Å². The summed E-state index contributed by atoms with van der Waals surface area (Å²) >= 11 is 15.9. The molecule has 3 heterocycles. The number of rotatable bonds is 6. The molecule has 1 unspecified atom stereocenters. The van der Waals surface area contributed by atoms with Crippen molar-refractivity contribution in [2.24, 2.45) is 0 Å². The summed E-state index contributed by atoms with van der Waals surface area (Å²) in [4.78, 5) is 33.6. The third-order valence-corrected chi connectivity index (χ3v) is 9.97. The Labute approximate surface area is 250 Å². The molecule has 1 N–H and O–H groups in total. The van der Waals surface area contributed by atoms with Gasteiger partial charge in [0, 0.05) is 47.1 Å².